The third kappa shape index (κ3) is 6.11. The molecule has 0 saturated carbocycles. The van der Waals surface area contributed by atoms with Gasteiger partial charge in [-0.15, -0.1) is 0 Å². The Hall–Kier alpha value is -2.86. The molecule has 0 bridgehead atoms. The molecule has 7 heteroatoms. The predicted octanol–water partition coefficient (Wildman–Crippen LogP) is 3.88. The van der Waals surface area contributed by atoms with Crippen molar-refractivity contribution >= 4 is 34.9 Å². The zero-order valence-corrected chi connectivity index (χ0v) is 15.9. The van der Waals surface area contributed by atoms with Crippen LogP contribution in [0.3, 0.4) is 0 Å². The quantitative estimate of drug-likeness (QED) is 0.574. The van der Waals surface area contributed by atoms with E-state index in [0.717, 1.165) is 0 Å². The van der Waals surface area contributed by atoms with E-state index in [1.807, 2.05) is 0 Å². The first-order chi connectivity index (χ1) is 12.8. The lowest BCUT2D eigenvalue weighted by Crippen LogP contribution is -2.35. The van der Waals surface area contributed by atoms with Gasteiger partial charge in [0.25, 0.3) is 5.91 Å². The number of rotatable bonds is 7. The molecule has 2 rings (SSSR count). The van der Waals surface area contributed by atoms with Crippen LogP contribution in [0.4, 0.5) is 5.69 Å². The molecule has 0 aliphatic heterocycles. The lowest BCUT2D eigenvalue weighted by molar-refractivity contribution is -0.159. The second kappa shape index (κ2) is 9.19. The van der Waals surface area contributed by atoms with Gasteiger partial charge < -0.3 is 14.8 Å². The van der Waals surface area contributed by atoms with Gasteiger partial charge in [-0.25, -0.2) is 4.79 Å². The highest BCUT2D eigenvalue weighted by Crippen LogP contribution is 2.17. The lowest BCUT2D eigenvalue weighted by Gasteiger charge is -2.18. The van der Waals surface area contributed by atoms with Crippen molar-refractivity contribution in [3.05, 3.63) is 59.1 Å². The molecule has 0 unspecified atom stereocenters. The number of halogens is 1. The Morgan fingerprint density at radius 3 is 2.30 bits per heavy atom. The van der Waals surface area contributed by atoms with Crippen LogP contribution in [0, 0.1) is 0 Å². The first-order valence-corrected chi connectivity index (χ1v) is 8.68. The summed E-state index contributed by atoms with van der Waals surface area (Å²) in [4.78, 5) is 35.7. The normalized spacial score (nSPS) is 12.6. The Morgan fingerprint density at radius 1 is 1.00 bits per heavy atom. The van der Waals surface area contributed by atoms with E-state index in [4.69, 9.17) is 21.1 Å². The van der Waals surface area contributed by atoms with Crippen LogP contribution in [0.1, 0.15) is 31.1 Å². The van der Waals surface area contributed by atoms with E-state index in [1.165, 1.54) is 20.8 Å². The van der Waals surface area contributed by atoms with Crippen molar-refractivity contribution in [1.29, 1.82) is 0 Å². The molecular weight excluding hydrogens is 370 g/mol. The number of ketones is 1. The second-order valence-electron chi connectivity index (χ2n) is 5.92. The van der Waals surface area contributed by atoms with Gasteiger partial charge in [0.15, 0.2) is 18.0 Å². The maximum Gasteiger partial charge on any atom is 0.347 e. The van der Waals surface area contributed by atoms with E-state index >= 15 is 0 Å². The first kappa shape index (κ1) is 20.5. The fraction of sp³-hybridized carbons (Fsp3) is 0.250. The SMILES string of the molecule is CC(=O)c1cccc(NC(=O)[C@H](C)OC(=O)[C@@H](C)Oc2ccc(Cl)cc2)c1. The summed E-state index contributed by atoms with van der Waals surface area (Å²) in [6.45, 7) is 4.42. The molecule has 0 aromatic heterocycles. The third-order valence-electron chi connectivity index (χ3n) is 3.66. The first-order valence-electron chi connectivity index (χ1n) is 8.31. The standard InChI is InChI=1S/C20H20ClNO5/c1-12(23)15-5-4-6-17(11-15)22-19(24)13(2)27-20(25)14(3)26-18-9-7-16(21)8-10-18/h4-11,13-14H,1-3H3,(H,22,24)/t13-,14+/m0/s1. The molecule has 0 radical (unpaired) electrons. The number of hydrogen-bond donors (Lipinski definition) is 1. The van der Waals surface area contributed by atoms with Gasteiger partial charge in [0, 0.05) is 16.3 Å². The third-order valence-corrected chi connectivity index (χ3v) is 3.91. The van der Waals surface area contributed by atoms with Gasteiger partial charge in [0.1, 0.15) is 5.75 Å². The van der Waals surface area contributed by atoms with Crippen LogP contribution >= 0.6 is 11.6 Å². The predicted molar refractivity (Wildman–Crippen MR) is 102 cm³/mol. The number of benzene rings is 2. The van der Waals surface area contributed by atoms with Crippen molar-refractivity contribution in [2.45, 2.75) is 33.0 Å². The number of esters is 1. The number of amides is 1. The van der Waals surface area contributed by atoms with Crippen LogP contribution in [0.15, 0.2) is 48.5 Å². The maximum atomic E-state index is 12.2. The van der Waals surface area contributed by atoms with Crippen LogP contribution < -0.4 is 10.1 Å². The van der Waals surface area contributed by atoms with Crippen LogP contribution in [0.2, 0.25) is 5.02 Å². The maximum absolute atomic E-state index is 12.2. The van der Waals surface area contributed by atoms with E-state index in [0.29, 0.717) is 22.0 Å². The molecule has 1 N–H and O–H groups in total. The zero-order chi connectivity index (χ0) is 20.0. The summed E-state index contributed by atoms with van der Waals surface area (Å²) in [6, 6.07) is 13.0. The minimum atomic E-state index is -1.03. The number of hydrogen-bond acceptors (Lipinski definition) is 5. The van der Waals surface area contributed by atoms with Gasteiger partial charge in [-0.05, 0) is 57.2 Å². The van der Waals surface area contributed by atoms with Crippen molar-refractivity contribution in [3.8, 4) is 5.75 Å². The summed E-state index contributed by atoms with van der Waals surface area (Å²) in [5, 5.41) is 3.17. The highest BCUT2D eigenvalue weighted by atomic mass is 35.5. The van der Waals surface area contributed by atoms with E-state index in [1.54, 1.807) is 48.5 Å². The molecule has 0 fully saturated rings. The average Bonchev–Trinajstić information content (AvgIpc) is 2.63. The number of carbonyl (C=O) groups is 3. The summed E-state index contributed by atoms with van der Waals surface area (Å²) in [7, 11) is 0. The largest absolute Gasteiger partial charge is 0.479 e. The van der Waals surface area contributed by atoms with E-state index in [-0.39, 0.29) is 5.78 Å². The highest BCUT2D eigenvalue weighted by Gasteiger charge is 2.23. The van der Waals surface area contributed by atoms with Crippen LogP contribution in [0.25, 0.3) is 0 Å². The molecule has 0 spiro atoms. The summed E-state index contributed by atoms with van der Waals surface area (Å²) in [5.41, 5.74) is 0.920. The van der Waals surface area contributed by atoms with E-state index in [2.05, 4.69) is 5.32 Å². The van der Waals surface area contributed by atoms with Crippen molar-refractivity contribution in [3.63, 3.8) is 0 Å². The Kier molecular flexibility index (Phi) is 6.96. The van der Waals surface area contributed by atoms with Gasteiger partial charge in [-0.1, -0.05) is 23.7 Å². The van der Waals surface area contributed by atoms with Gasteiger partial charge in [0.2, 0.25) is 0 Å². The Labute approximate surface area is 162 Å². The Morgan fingerprint density at radius 2 is 1.67 bits per heavy atom. The topological polar surface area (TPSA) is 81.7 Å². The highest BCUT2D eigenvalue weighted by molar-refractivity contribution is 6.30. The molecule has 0 aliphatic carbocycles. The fourth-order valence-corrected chi connectivity index (χ4v) is 2.27. The lowest BCUT2D eigenvalue weighted by atomic mass is 10.1. The molecule has 2 aromatic carbocycles. The number of ether oxygens (including phenoxy) is 2. The molecule has 6 nitrogen and oxygen atoms in total. The molecule has 142 valence electrons. The molecule has 1 amide bonds. The Balaban J connectivity index is 1.90. The molecule has 0 saturated heterocycles. The zero-order valence-electron chi connectivity index (χ0n) is 15.2. The van der Waals surface area contributed by atoms with Crippen molar-refractivity contribution in [2.75, 3.05) is 5.32 Å². The molecule has 0 heterocycles. The summed E-state index contributed by atoms with van der Waals surface area (Å²) >= 11 is 5.80. The van der Waals surface area contributed by atoms with E-state index < -0.39 is 24.1 Å². The van der Waals surface area contributed by atoms with E-state index in [9.17, 15) is 14.4 Å². The van der Waals surface area contributed by atoms with Crippen LogP contribution in [-0.4, -0.2) is 29.9 Å². The number of anilines is 1. The van der Waals surface area contributed by atoms with Gasteiger partial charge in [-0.2, -0.15) is 0 Å². The van der Waals surface area contributed by atoms with Crippen LogP contribution in [0.5, 0.6) is 5.75 Å². The number of Topliss-reactive ketones (excluding diaryl/α,β-unsaturated/α-hetero) is 1. The summed E-state index contributed by atoms with van der Waals surface area (Å²) < 4.78 is 10.6. The summed E-state index contributed by atoms with van der Waals surface area (Å²) in [5.74, 6) is -0.839. The summed E-state index contributed by atoms with van der Waals surface area (Å²) in [6.07, 6.45) is -1.93. The van der Waals surface area contributed by atoms with Crippen molar-refractivity contribution in [2.24, 2.45) is 0 Å². The van der Waals surface area contributed by atoms with Gasteiger partial charge in [0.05, 0.1) is 0 Å². The minimum Gasteiger partial charge on any atom is -0.479 e. The molecule has 0 aliphatic rings. The fourth-order valence-electron chi connectivity index (χ4n) is 2.15. The van der Waals surface area contributed by atoms with Gasteiger partial charge in [-0.3, -0.25) is 9.59 Å². The molecule has 27 heavy (non-hydrogen) atoms. The number of carbonyl (C=O) groups excluding carboxylic acids is 3. The number of nitrogens with one attached hydrogen (secondary N) is 1. The molecule has 2 atom stereocenters. The average molecular weight is 390 g/mol. The monoisotopic (exact) mass is 389 g/mol. The second-order valence-corrected chi connectivity index (χ2v) is 6.36. The van der Waals surface area contributed by atoms with Crippen LogP contribution in [-0.2, 0) is 14.3 Å². The van der Waals surface area contributed by atoms with Gasteiger partial charge >= 0.3 is 5.97 Å². The molecule has 2 aromatic rings. The molecular formula is C20H20ClNO5. The minimum absolute atomic E-state index is 0.112. The van der Waals surface area contributed by atoms with Crippen molar-refractivity contribution in [1.82, 2.24) is 0 Å². The van der Waals surface area contributed by atoms with Crippen molar-refractivity contribution < 1.29 is 23.9 Å². The smallest absolute Gasteiger partial charge is 0.347 e. The Bertz CT molecular complexity index is 835.